The van der Waals surface area contributed by atoms with Crippen LogP contribution in [0.5, 0.6) is 0 Å². The van der Waals surface area contributed by atoms with Crippen molar-refractivity contribution in [1.82, 2.24) is 14.7 Å². The topological polar surface area (TPSA) is 109 Å². The van der Waals surface area contributed by atoms with Crippen LogP contribution in [0.1, 0.15) is 68.9 Å². The number of Topliss-reactive ketones (excluding diaryl/α,β-unsaturated/α-hetero) is 2. The van der Waals surface area contributed by atoms with Gasteiger partial charge in [-0.25, -0.2) is 4.85 Å². The average Bonchev–Trinajstić information content (AvgIpc) is 3.91. The summed E-state index contributed by atoms with van der Waals surface area (Å²) in [7, 11) is 0. The maximum Gasteiger partial charge on any atom is 0.264 e. The van der Waals surface area contributed by atoms with Gasteiger partial charge in [0.2, 0.25) is 5.69 Å². The monoisotopic (exact) mass is 793 g/mol. The number of thiophene rings is 1. The number of nitrogens with zero attached hydrogens (tertiary/aromatic N) is 7. The smallest absolute Gasteiger partial charge is 0.264 e. The number of halogens is 1. The molecule has 56 heavy (non-hydrogen) atoms. The molecule has 2 aromatic carbocycles. The van der Waals surface area contributed by atoms with E-state index in [1.807, 2.05) is 29.2 Å². The molecule has 1 spiro atoms. The zero-order valence-electron chi connectivity index (χ0n) is 31.3. The van der Waals surface area contributed by atoms with E-state index in [0.717, 1.165) is 117 Å². The molecule has 12 nitrogen and oxygen atoms in total. The minimum absolute atomic E-state index is 0.127. The van der Waals surface area contributed by atoms with Crippen molar-refractivity contribution in [2.75, 3.05) is 86.7 Å². The number of carbonyl (C=O) groups is 5. The summed E-state index contributed by atoms with van der Waals surface area (Å²) in [5.41, 5.74) is 3.20. The molecule has 1 saturated carbocycles. The fourth-order valence-corrected chi connectivity index (χ4v) is 10.9. The molecular formula is C42H44ClN7O5S. The Kier molecular flexibility index (Phi) is 9.62. The molecule has 1 aliphatic carbocycles. The number of amides is 3. The first-order valence-corrected chi connectivity index (χ1v) is 20.9. The summed E-state index contributed by atoms with van der Waals surface area (Å²) in [5, 5.41) is 1.63. The standard InChI is InChI=1S/C42H44ClN7O5S/c1-44-32-7-5-28(21-31(32)43)48-16-13-42(26-48)11-14-47(15-12-42)40(54)36-9-10-37(56-36)46-19-17-45(18-20-46)23-27-24-49(25-27)34-4-2-3-30-38(34)41(55)50(39(30)53)33-8-6-29(51)22-35(33)52/h2-5,7,9-10,21,27,33H,6,8,11-20,22-26H2. The highest BCUT2D eigenvalue weighted by atomic mass is 35.5. The van der Waals surface area contributed by atoms with Crippen LogP contribution in [-0.4, -0.2) is 122 Å². The highest BCUT2D eigenvalue weighted by Crippen LogP contribution is 2.44. The molecular weight excluding hydrogens is 750 g/mol. The van der Waals surface area contributed by atoms with Gasteiger partial charge in [-0.2, -0.15) is 0 Å². The SMILES string of the molecule is [C-]#[N+]c1ccc(N2CCC3(CCN(C(=O)c4ccc(N5CCN(CC6CN(c7cccc8c7C(=O)N(C7CCC(=O)CC7=O)C8=O)C6)CC5)s4)CC3)C2)cc1Cl. The predicted octanol–water partition coefficient (Wildman–Crippen LogP) is 5.63. The Labute approximate surface area is 335 Å². The molecule has 290 valence electrons. The van der Waals surface area contributed by atoms with E-state index in [1.54, 1.807) is 29.5 Å². The van der Waals surface area contributed by atoms with Crippen molar-refractivity contribution in [3.05, 3.63) is 81.0 Å². The number of carbonyl (C=O) groups excluding carboxylic acids is 5. The minimum atomic E-state index is -0.867. The van der Waals surface area contributed by atoms with Gasteiger partial charge in [0, 0.05) is 95.0 Å². The van der Waals surface area contributed by atoms with Crippen LogP contribution in [0.4, 0.5) is 22.1 Å². The lowest BCUT2D eigenvalue weighted by Crippen LogP contribution is -2.55. The number of likely N-dealkylation sites (tertiary alicyclic amines) is 1. The summed E-state index contributed by atoms with van der Waals surface area (Å²) in [6, 6.07) is 14.3. The summed E-state index contributed by atoms with van der Waals surface area (Å²) < 4.78 is 0. The fourth-order valence-electron chi connectivity index (χ4n) is 9.66. The predicted molar refractivity (Wildman–Crippen MR) is 215 cm³/mol. The van der Waals surface area contributed by atoms with Crippen LogP contribution >= 0.6 is 22.9 Å². The zero-order chi connectivity index (χ0) is 38.7. The number of ketones is 2. The summed E-state index contributed by atoms with van der Waals surface area (Å²) in [4.78, 5) is 81.7. The molecule has 1 atom stereocenters. The van der Waals surface area contributed by atoms with Crippen LogP contribution in [0.25, 0.3) is 4.85 Å². The number of piperidine rings is 1. The molecule has 14 heteroatoms. The minimum Gasteiger partial charge on any atom is -0.371 e. The second-order valence-electron chi connectivity index (χ2n) is 16.3. The van der Waals surface area contributed by atoms with Crippen molar-refractivity contribution in [2.45, 2.75) is 44.6 Å². The first kappa shape index (κ1) is 36.8. The van der Waals surface area contributed by atoms with Gasteiger partial charge in [-0.3, -0.25) is 33.8 Å². The first-order chi connectivity index (χ1) is 27.1. The number of hydrogen-bond acceptors (Lipinski definition) is 10. The van der Waals surface area contributed by atoms with Gasteiger partial charge in [0.05, 0.1) is 45.7 Å². The van der Waals surface area contributed by atoms with Gasteiger partial charge in [0.25, 0.3) is 17.7 Å². The average molecular weight is 794 g/mol. The van der Waals surface area contributed by atoms with Gasteiger partial charge in [0.15, 0.2) is 5.78 Å². The van der Waals surface area contributed by atoms with E-state index in [1.165, 1.54) is 0 Å². The molecule has 5 fully saturated rings. The second-order valence-corrected chi connectivity index (χ2v) is 17.8. The normalized spacial score (nSPS) is 22.9. The number of hydrogen-bond donors (Lipinski definition) is 0. The van der Waals surface area contributed by atoms with Crippen molar-refractivity contribution in [2.24, 2.45) is 11.3 Å². The third kappa shape index (κ3) is 6.65. The van der Waals surface area contributed by atoms with Gasteiger partial charge in [-0.15, -0.1) is 11.3 Å². The lowest BCUT2D eigenvalue weighted by molar-refractivity contribution is -0.132. The number of anilines is 3. The maximum atomic E-state index is 13.6. The molecule has 6 aliphatic rings. The Hall–Kier alpha value is -4.77. The van der Waals surface area contributed by atoms with Crippen LogP contribution in [0.2, 0.25) is 5.02 Å². The van der Waals surface area contributed by atoms with Crippen molar-refractivity contribution in [1.29, 1.82) is 0 Å². The Balaban J connectivity index is 0.736. The Morgan fingerprint density at radius 2 is 1.64 bits per heavy atom. The van der Waals surface area contributed by atoms with Crippen molar-refractivity contribution < 1.29 is 24.0 Å². The van der Waals surface area contributed by atoms with Crippen molar-refractivity contribution >= 4 is 74.3 Å². The van der Waals surface area contributed by atoms with E-state index < -0.39 is 17.9 Å². The molecule has 1 aromatic heterocycles. The van der Waals surface area contributed by atoms with Gasteiger partial charge >= 0.3 is 0 Å². The van der Waals surface area contributed by atoms with Crippen molar-refractivity contribution in [3.8, 4) is 0 Å². The van der Waals surface area contributed by atoms with Crippen LogP contribution in [0.15, 0.2) is 48.5 Å². The van der Waals surface area contributed by atoms with E-state index >= 15 is 0 Å². The van der Waals surface area contributed by atoms with E-state index in [9.17, 15) is 24.0 Å². The summed E-state index contributed by atoms with van der Waals surface area (Å²) in [6.07, 6.45) is 3.25. The van der Waals surface area contributed by atoms with Gasteiger partial charge < -0.3 is 19.6 Å². The Morgan fingerprint density at radius 1 is 0.875 bits per heavy atom. The maximum absolute atomic E-state index is 13.6. The largest absolute Gasteiger partial charge is 0.371 e. The number of fused-ring (bicyclic) bond motifs is 1. The number of imide groups is 1. The molecule has 5 aliphatic heterocycles. The number of rotatable bonds is 7. The van der Waals surface area contributed by atoms with E-state index in [0.29, 0.717) is 27.8 Å². The highest BCUT2D eigenvalue weighted by molar-refractivity contribution is 7.18. The molecule has 6 heterocycles. The summed E-state index contributed by atoms with van der Waals surface area (Å²) >= 11 is 7.92. The third-order valence-corrected chi connectivity index (χ3v) is 14.4. The third-order valence-electron chi connectivity index (χ3n) is 12.9. The Bertz CT molecular complexity index is 2160. The van der Waals surface area contributed by atoms with Gasteiger partial charge in [0.1, 0.15) is 5.78 Å². The van der Waals surface area contributed by atoms with E-state index in [2.05, 4.69) is 30.5 Å². The van der Waals surface area contributed by atoms with Crippen LogP contribution in [0.3, 0.4) is 0 Å². The molecule has 3 aromatic rings. The van der Waals surface area contributed by atoms with Crippen LogP contribution in [0, 0.1) is 17.9 Å². The first-order valence-electron chi connectivity index (χ1n) is 19.7. The molecule has 0 bridgehead atoms. The fraction of sp³-hybridized carbons (Fsp3) is 0.476. The summed E-state index contributed by atoms with van der Waals surface area (Å²) in [6.45, 7) is 16.9. The molecule has 4 saturated heterocycles. The van der Waals surface area contributed by atoms with E-state index in [4.69, 9.17) is 18.2 Å². The zero-order valence-corrected chi connectivity index (χ0v) is 32.8. The number of benzene rings is 2. The molecule has 1 unspecified atom stereocenters. The van der Waals surface area contributed by atoms with Crippen LogP contribution in [-0.2, 0) is 9.59 Å². The van der Waals surface area contributed by atoms with Gasteiger partial charge in [-0.1, -0.05) is 23.7 Å². The molecule has 0 N–H and O–H groups in total. The van der Waals surface area contributed by atoms with Crippen LogP contribution < -0.4 is 14.7 Å². The van der Waals surface area contributed by atoms with Gasteiger partial charge in [-0.05, 0) is 67.5 Å². The molecule has 3 amide bonds. The quantitative estimate of drug-likeness (QED) is 0.171. The lowest BCUT2D eigenvalue weighted by atomic mass is 9.77. The van der Waals surface area contributed by atoms with Crippen molar-refractivity contribution in [3.63, 3.8) is 0 Å². The molecule has 0 radical (unpaired) electrons. The lowest BCUT2D eigenvalue weighted by Gasteiger charge is -2.45. The highest BCUT2D eigenvalue weighted by Gasteiger charge is 2.47. The Morgan fingerprint density at radius 3 is 2.38 bits per heavy atom. The van der Waals surface area contributed by atoms with E-state index in [-0.39, 0.29) is 42.2 Å². The molecule has 9 rings (SSSR count). The number of piperazine rings is 1. The second kappa shape index (κ2) is 14.6. The summed E-state index contributed by atoms with van der Waals surface area (Å²) in [5.74, 6) is -0.806.